The maximum atomic E-state index is 12.8. The molecule has 1 N–H and O–H groups in total. The van der Waals surface area contributed by atoms with Crippen LogP contribution in [-0.2, 0) is 14.8 Å². The Morgan fingerprint density at radius 3 is 2.79 bits per heavy atom. The molecule has 2 aliphatic rings. The predicted octanol–water partition coefficient (Wildman–Crippen LogP) is 2.80. The van der Waals surface area contributed by atoms with Crippen LogP contribution < -0.4 is 14.8 Å². The fourth-order valence-corrected chi connectivity index (χ4v) is 6.32. The Bertz CT molecular complexity index is 975. The minimum atomic E-state index is -3.53. The Labute approximate surface area is 174 Å². The number of thiophene rings is 1. The molecule has 3 heterocycles. The number of fused-ring (bicyclic) bond motifs is 1. The van der Waals surface area contributed by atoms with E-state index in [1.165, 1.54) is 15.6 Å². The Kier molecular flexibility index (Phi) is 5.80. The quantitative estimate of drug-likeness (QED) is 0.779. The van der Waals surface area contributed by atoms with E-state index in [9.17, 15) is 13.2 Å². The number of sulfonamides is 1. The highest BCUT2D eigenvalue weighted by atomic mass is 32.2. The van der Waals surface area contributed by atoms with E-state index in [1.54, 1.807) is 17.5 Å². The Morgan fingerprint density at radius 2 is 2.03 bits per heavy atom. The number of hydrogen-bond donors (Lipinski definition) is 1. The molecular formula is C20H24N2O5S2. The van der Waals surface area contributed by atoms with Crippen molar-refractivity contribution < 1.29 is 22.7 Å². The lowest BCUT2D eigenvalue weighted by atomic mass is 9.97. The molecule has 29 heavy (non-hydrogen) atoms. The summed E-state index contributed by atoms with van der Waals surface area (Å²) in [5, 5.41) is 4.77. The molecule has 1 saturated heterocycles. The third-order valence-electron chi connectivity index (χ3n) is 5.27. The summed E-state index contributed by atoms with van der Waals surface area (Å²) in [6, 6.07) is 8.75. The highest BCUT2D eigenvalue weighted by Gasteiger charge is 2.34. The van der Waals surface area contributed by atoms with Crippen molar-refractivity contribution in [2.24, 2.45) is 5.92 Å². The molecule has 0 spiro atoms. The Balaban J connectivity index is 1.41. The molecule has 0 saturated carbocycles. The van der Waals surface area contributed by atoms with Crippen LogP contribution in [0.1, 0.15) is 31.4 Å². The highest BCUT2D eigenvalue weighted by Crippen LogP contribution is 2.33. The summed E-state index contributed by atoms with van der Waals surface area (Å²) in [6.45, 7) is 3.60. The molecule has 0 unspecified atom stereocenters. The fourth-order valence-electron chi connectivity index (χ4n) is 3.66. The van der Waals surface area contributed by atoms with Gasteiger partial charge in [0.15, 0.2) is 11.5 Å². The van der Waals surface area contributed by atoms with Gasteiger partial charge in [-0.1, -0.05) is 12.1 Å². The smallest absolute Gasteiger partial charge is 0.252 e. The maximum absolute atomic E-state index is 12.8. The molecule has 156 valence electrons. The van der Waals surface area contributed by atoms with E-state index in [4.69, 9.17) is 9.47 Å². The van der Waals surface area contributed by atoms with Gasteiger partial charge in [-0.15, -0.1) is 11.3 Å². The number of carbonyl (C=O) groups is 1. The number of nitrogens with zero attached hydrogens (tertiary/aromatic N) is 1. The van der Waals surface area contributed by atoms with Gasteiger partial charge in [-0.3, -0.25) is 4.79 Å². The van der Waals surface area contributed by atoms with E-state index >= 15 is 0 Å². The zero-order valence-electron chi connectivity index (χ0n) is 16.2. The summed E-state index contributed by atoms with van der Waals surface area (Å²) in [5.74, 6) is 0.901. The van der Waals surface area contributed by atoms with Crippen LogP contribution in [0, 0.1) is 5.92 Å². The first-order valence-corrected chi connectivity index (χ1v) is 12.0. The lowest BCUT2D eigenvalue weighted by Crippen LogP contribution is -2.45. The molecule has 4 rings (SSSR count). The predicted molar refractivity (Wildman–Crippen MR) is 110 cm³/mol. The molecule has 1 aromatic heterocycles. The maximum Gasteiger partial charge on any atom is 0.252 e. The molecule has 0 radical (unpaired) electrons. The number of nitrogens with one attached hydrogen (secondary N) is 1. The van der Waals surface area contributed by atoms with Gasteiger partial charge in [-0.05, 0) is 48.9 Å². The number of ether oxygens (including phenoxy) is 2. The van der Waals surface area contributed by atoms with E-state index in [2.05, 4.69) is 5.32 Å². The molecule has 2 atom stereocenters. The molecule has 1 fully saturated rings. The standard InChI is InChI=1S/C20H24N2O5S2/c1-14(15-6-7-17-18(12-15)27-10-9-26-17)21-20(23)16-4-2-8-22(13-16)29(24,25)19-5-3-11-28-19/h3,5-7,11-12,14,16H,2,4,8-10,13H2,1H3,(H,21,23)/t14-,16+/m1/s1. The van der Waals surface area contributed by atoms with Gasteiger partial charge in [0.2, 0.25) is 5.91 Å². The molecule has 0 aliphatic carbocycles. The summed E-state index contributed by atoms with van der Waals surface area (Å²) in [5.41, 5.74) is 0.918. The van der Waals surface area contributed by atoms with Crippen molar-refractivity contribution in [3.8, 4) is 11.5 Å². The van der Waals surface area contributed by atoms with Crippen molar-refractivity contribution in [1.29, 1.82) is 0 Å². The summed E-state index contributed by atoms with van der Waals surface area (Å²) < 4.78 is 38.5. The number of rotatable bonds is 5. The Morgan fingerprint density at radius 1 is 1.24 bits per heavy atom. The molecule has 2 aromatic rings. The van der Waals surface area contributed by atoms with Gasteiger partial charge in [0, 0.05) is 13.1 Å². The summed E-state index contributed by atoms with van der Waals surface area (Å²) in [7, 11) is -3.53. The van der Waals surface area contributed by atoms with Gasteiger partial charge in [0.05, 0.1) is 12.0 Å². The third-order valence-corrected chi connectivity index (χ3v) is 8.51. The van der Waals surface area contributed by atoms with Crippen LogP contribution in [-0.4, -0.2) is 44.9 Å². The zero-order valence-corrected chi connectivity index (χ0v) is 17.8. The van der Waals surface area contributed by atoms with Crippen LogP contribution in [0.4, 0.5) is 0 Å². The third kappa shape index (κ3) is 4.26. The average molecular weight is 437 g/mol. The zero-order chi connectivity index (χ0) is 20.4. The van der Waals surface area contributed by atoms with Crippen molar-refractivity contribution in [1.82, 2.24) is 9.62 Å². The van der Waals surface area contributed by atoms with E-state index in [0.717, 1.165) is 5.56 Å². The first-order chi connectivity index (χ1) is 13.9. The first kappa shape index (κ1) is 20.2. The van der Waals surface area contributed by atoms with E-state index in [0.29, 0.717) is 48.3 Å². The van der Waals surface area contributed by atoms with Gasteiger partial charge >= 0.3 is 0 Å². The largest absolute Gasteiger partial charge is 0.486 e. The van der Waals surface area contributed by atoms with Crippen molar-refractivity contribution in [3.05, 3.63) is 41.3 Å². The van der Waals surface area contributed by atoms with E-state index in [-0.39, 0.29) is 24.4 Å². The van der Waals surface area contributed by atoms with Gasteiger partial charge in [0.25, 0.3) is 10.0 Å². The minimum absolute atomic E-state index is 0.126. The number of amides is 1. The molecule has 1 amide bonds. The number of hydrogen-bond acceptors (Lipinski definition) is 6. The molecule has 9 heteroatoms. The topological polar surface area (TPSA) is 84.9 Å². The number of benzene rings is 1. The number of carbonyl (C=O) groups excluding carboxylic acids is 1. The lowest BCUT2D eigenvalue weighted by molar-refractivity contribution is -0.126. The van der Waals surface area contributed by atoms with Gasteiger partial charge in [-0.2, -0.15) is 4.31 Å². The van der Waals surface area contributed by atoms with Crippen LogP contribution in [0.15, 0.2) is 39.9 Å². The van der Waals surface area contributed by atoms with Crippen molar-refractivity contribution in [3.63, 3.8) is 0 Å². The molecule has 1 aromatic carbocycles. The highest BCUT2D eigenvalue weighted by molar-refractivity contribution is 7.91. The van der Waals surface area contributed by atoms with Crippen LogP contribution >= 0.6 is 11.3 Å². The fraction of sp³-hybridized carbons (Fsp3) is 0.450. The Hall–Kier alpha value is -2.10. The summed E-state index contributed by atoms with van der Waals surface area (Å²) >= 11 is 1.20. The summed E-state index contributed by atoms with van der Waals surface area (Å²) in [4.78, 5) is 12.8. The molecule has 7 nitrogen and oxygen atoms in total. The van der Waals surface area contributed by atoms with Gasteiger partial charge < -0.3 is 14.8 Å². The lowest BCUT2D eigenvalue weighted by Gasteiger charge is -2.31. The normalized spacial score (nSPS) is 20.8. The average Bonchev–Trinajstić information content (AvgIpc) is 3.29. The molecule has 0 bridgehead atoms. The minimum Gasteiger partial charge on any atom is -0.486 e. The van der Waals surface area contributed by atoms with E-state index in [1.807, 2.05) is 25.1 Å². The van der Waals surface area contributed by atoms with Crippen molar-refractivity contribution in [2.45, 2.75) is 30.0 Å². The van der Waals surface area contributed by atoms with Crippen molar-refractivity contribution in [2.75, 3.05) is 26.3 Å². The summed E-state index contributed by atoms with van der Waals surface area (Å²) in [6.07, 6.45) is 1.34. The molecule has 2 aliphatic heterocycles. The van der Waals surface area contributed by atoms with E-state index < -0.39 is 10.0 Å². The van der Waals surface area contributed by atoms with Crippen LogP contribution in [0.3, 0.4) is 0 Å². The van der Waals surface area contributed by atoms with Crippen LogP contribution in [0.5, 0.6) is 11.5 Å². The second-order valence-corrected chi connectivity index (χ2v) is 10.4. The monoisotopic (exact) mass is 436 g/mol. The second-order valence-electron chi connectivity index (χ2n) is 7.27. The second kappa shape index (κ2) is 8.33. The SMILES string of the molecule is C[C@@H](NC(=O)[C@H]1CCCN(S(=O)(=O)c2cccs2)C1)c1ccc2c(c1)OCCO2. The van der Waals surface area contributed by atoms with Gasteiger partial charge in [-0.25, -0.2) is 8.42 Å². The van der Waals surface area contributed by atoms with Crippen LogP contribution in [0.2, 0.25) is 0 Å². The van der Waals surface area contributed by atoms with Gasteiger partial charge in [0.1, 0.15) is 17.4 Å². The van der Waals surface area contributed by atoms with Crippen molar-refractivity contribution >= 4 is 27.3 Å². The molecular weight excluding hydrogens is 412 g/mol. The number of piperidine rings is 1. The van der Waals surface area contributed by atoms with Crippen LogP contribution in [0.25, 0.3) is 0 Å². The first-order valence-electron chi connectivity index (χ1n) is 9.69.